The quantitative estimate of drug-likeness (QED) is 0.197. The van der Waals surface area contributed by atoms with Gasteiger partial charge in [-0.1, -0.05) is 17.7 Å². The number of nitrogen functional groups attached to an aromatic ring is 1. The Labute approximate surface area is 263 Å². The summed E-state index contributed by atoms with van der Waals surface area (Å²) in [5, 5.41) is 6.18. The Balaban J connectivity index is 0.000000409. The summed E-state index contributed by atoms with van der Waals surface area (Å²) in [5.74, 6) is -5.86. The van der Waals surface area contributed by atoms with Gasteiger partial charge in [0.05, 0.1) is 29.7 Å². The molecule has 2 N–H and O–H groups in total. The van der Waals surface area contributed by atoms with Crippen molar-refractivity contribution in [2.24, 2.45) is 0 Å². The monoisotopic (exact) mass is 672 g/mol. The second-order valence-corrected chi connectivity index (χ2v) is 10.5. The van der Waals surface area contributed by atoms with Crippen LogP contribution in [0.3, 0.4) is 0 Å². The third-order valence-electron chi connectivity index (χ3n) is 6.75. The molecule has 0 aliphatic heterocycles. The number of nitrogens with zero attached hydrogens (tertiary/aromatic N) is 5. The van der Waals surface area contributed by atoms with Gasteiger partial charge in [0.1, 0.15) is 17.3 Å². The average molecular weight is 673 g/mol. The predicted molar refractivity (Wildman–Crippen MR) is 157 cm³/mol. The standard InChI is InChI=1S/C25H27ClN6O2.C4F6O2/c1-13-18(26)11-17(15(3)32-20-9-10-28-24(27)22(20)14(2)30-32)23(34-6)21(13)16-7-8-19(29-12-16)25(33)31(4)5;5-3(6,7)1(11)2(12)4(8,9)10/h7-12,15H,1-6H3,(H2,27,28);. The molecular weight excluding hydrogens is 646 g/mol. The summed E-state index contributed by atoms with van der Waals surface area (Å²) in [6, 6.07) is 7.16. The van der Waals surface area contributed by atoms with Crippen molar-refractivity contribution in [3.05, 3.63) is 64.2 Å². The fourth-order valence-electron chi connectivity index (χ4n) is 4.50. The number of ether oxygens (including phenoxy) is 1. The number of amides is 1. The molecule has 1 unspecified atom stereocenters. The molecule has 0 aliphatic rings. The zero-order chi connectivity index (χ0) is 34.9. The van der Waals surface area contributed by atoms with E-state index in [9.17, 15) is 40.7 Å². The number of hydrogen-bond acceptors (Lipinski definition) is 8. The molecule has 0 radical (unpaired) electrons. The number of halogens is 7. The number of pyridine rings is 2. The number of carbonyl (C=O) groups is 3. The van der Waals surface area contributed by atoms with Gasteiger partial charge >= 0.3 is 23.9 Å². The van der Waals surface area contributed by atoms with E-state index in [0.717, 1.165) is 38.9 Å². The summed E-state index contributed by atoms with van der Waals surface area (Å²) in [6.07, 6.45) is -8.19. The first-order valence-electron chi connectivity index (χ1n) is 13.1. The number of anilines is 1. The second-order valence-electron chi connectivity index (χ2n) is 10.1. The van der Waals surface area contributed by atoms with Crippen molar-refractivity contribution < 1.29 is 45.5 Å². The molecule has 4 aromatic rings. The Morgan fingerprint density at radius 3 is 2.07 bits per heavy atom. The minimum Gasteiger partial charge on any atom is -0.496 e. The van der Waals surface area contributed by atoms with Gasteiger partial charge in [-0.3, -0.25) is 24.0 Å². The van der Waals surface area contributed by atoms with Crippen LogP contribution in [0.1, 0.15) is 40.3 Å². The Kier molecular flexibility index (Phi) is 10.4. The van der Waals surface area contributed by atoms with Crippen LogP contribution in [0.25, 0.3) is 22.0 Å². The van der Waals surface area contributed by atoms with Crippen LogP contribution in [0.15, 0.2) is 36.7 Å². The number of alkyl halides is 6. The Morgan fingerprint density at radius 2 is 1.59 bits per heavy atom. The lowest BCUT2D eigenvalue weighted by molar-refractivity contribution is -0.193. The molecular formula is C29H27ClF6N6O4. The maximum absolute atomic E-state index is 12.3. The molecule has 0 aliphatic carbocycles. The van der Waals surface area contributed by atoms with Gasteiger partial charge in [-0.25, -0.2) is 4.98 Å². The summed E-state index contributed by atoms with van der Waals surface area (Å²) in [4.78, 5) is 41.6. The van der Waals surface area contributed by atoms with Crippen LogP contribution < -0.4 is 10.5 Å². The van der Waals surface area contributed by atoms with Gasteiger partial charge < -0.3 is 15.4 Å². The van der Waals surface area contributed by atoms with Gasteiger partial charge in [0.2, 0.25) is 0 Å². The minimum atomic E-state index is -5.77. The molecule has 1 atom stereocenters. The highest BCUT2D eigenvalue weighted by Crippen LogP contribution is 2.43. The lowest BCUT2D eigenvalue weighted by atomic mass is 9.94. The number of aryl methyl sites for hydroxylation is 1. The molecule has 4 rings (SSSR count). The smallest absolute Gasteiger partial charge is 0.458 e. The van der Waals surface area contributed by atoms with Gasteiger partial charge in [0, 0.05) is 48.2 Å². The van der Waals surface area contributed by atoms with Gasteiger partial charge in [-0.05, 0) is 44.5 Å². The number of rotatable bonds is 6. The van der Waals surface area contributed by atoms with Gasteiger partial charge in [-0.2, -0.15) is 31.4 Å². The van der Waals surface area contributed by atoms with E-state index in [-0.39, 0.29) is 11.9 Å². The van der Waals surface area contributed by atoms with Gasteiger partial charge in [0.25, 0.3) is 5.91 Å². The fraction of sp³-hybridized carbons (Fsp3) is 0.310. The lowest BCUT2D eigenvalue weighted by Gasteiger charge is -2.22. The van der Waals surface area contributed by atoms with Crippen molar-refractivity contribution in [1.29, 1.82) is 0 Å². The van der Waals surface area contributed by atoms with E-state index in [2.05, 4.69) is 9.97 Å². The van der Waals surface area contributed by atoms with Crippen LogP contribution >= 0.6 is 11.6 Å². The molecule has 0 saturated carbocycles. The number of fused-ring (bicyclic) bond motifs is 1. The number of aromatic nitrogens is 4. The number of benzene rings is 1. The van der Waals surface area contributed by atoms with Crippen LogP contribution in [0, 0.1) is 13.8 Å². The third-order valence-corrected chi connectivity index (χ3v) is 7.14. The van der Waals surface area contributed by atoms with E-state index in [1.165, 1.54) is 4.90 Å². The fourth-order valence-corrected chi connectivity index (χ4v) is 4.71. The van der Waals surface area contributed by atoms with Crippen molar-refractivity contribution >= 4 is 45.8 Å². The number of nitrogens with two attached hydrogens (primary N) is 1. The predicted octanol–water partition coefficient (Wildman–Crippen LogP) is 5.91. The normalized spacial score (nSPS) is 12.3. The van der Waals surface area contributed by atoms with Crippen molar-refractivity contribution in [2.75, 3.05) is 26.9 Å². The Bertz CT molecular complexity index is 1780. The SMILES string of the molecule is COc1c(C(C)n2nc(C)c3c(N)nccc32)cc(Cl)c(C)c1-c1ccc(C(=O)N(C)C)nc1.O=C(C(=O)C(F)(F)F)C(F)(F)F. The molecule has 0 bridgehead atoms. The van der Waals surface area contributed by atoms with Gasteiger partial charge in [0.15, 0.2) is 0 Å². The molecule has 3 heterocycles. The average Bonchev–Trinajstić information content (AvgIpc) is 3.33. The summed E-state index contributed by atoms with van der Waals surface area (Å²) < 4.78 is 74.8. The van der Waals surface area contributed by atoms with Crippen molar-refractivity contribution in [2.45, 2.75) is 39.2 Å². The van der Waals surface area contributed by atoms with E-state index in [1.807, 2.05) is 43.7 Å². The Morgan fingerprint density at radius 1 is 1.00 bits per heavy atom. The molecule has 17 heteroatoms. The van der Waals surface area contributed by atoms with Crippen LogP contribution in [-0.4, -0.2) is 75.7 Å². The highest BCUT2D eigenvalue weighted by atomic mass is 35.5. The number of methoxy groups -OCH3 is 1. The van der Waals surface area contributed by atoms with E-state index in [4.69, 9.17) is 27.2 Å². The van der Waals surface area contributed by atoms with Crippen molar-refractivity contribution in [1.82, 2.24) is 24.6 Å². The highest BCUT2D eigenvalue weighted by molar-refractivity contribution is 6.41. The molecule has 0 fully saturated rings. The molecule has 10 nitrogen and oxygen atoms in total. The van der Waals surface area contributed by atoms with Crippen LogP contribution in [0.4, 0.5) is 32.2 Å². The molecule has 3 aromatic heterocycles. The third kappa shape index (κ3) is 7.22. The molecule has 46 heavy (non-hydrogen) atoms. The van der Waals surface area contributed by atoms with Crippen LogP contribution in [-0.2, 0) is 9.59 Å². The maximum atomic E-state index is 12.3. The van der Waals surface area contributed by atoms with Crippen molar-refractivity contribution in [3.8, 4) is 16.9 Å². The first-order valence-corrected chi connectivity index (χ1v) is 13.5. The first-order chi connectivity index (χ1) is 21.2. The topological polar surface area (TPSA) is 133 Å². The number of carbonyl (C=O) groups excluding carboxylic acids is 3. The van der Waals surface area contributed by atoms with Crippen LogP contribution in [0.2, 0.25) is 5.02 Å². The number of hydrogen-bond donors (Lipinski definition) is 1. The van der Waals surface area contributed by atoms with Crippen molar-refractivity contribution in [3.63, 3.8) is 0 Å². The summed E-state index contributed by atoms with van der Waals surface area (Å²) >= 11 is 6.70. The summed E-state index contributed by atoms with van der Waals surface area (Å²) in [7, 11) is 5.02. The molecule has 1 amide bonds. The largest absolute Gasteiger partial charge is 0.496 e. The number of ketones is 2. The van der Waals surface area contributed by atoms with E-state index < -0.39 is 23.9 Å². The number of Topliss-reactive ketones (excluding diaryl/α,β-unsaturated/α-hetero) is 2. The molecule has 246 valence electrons. The summed E-state index contributed by atoms with van der Waals surface area (Å²) in [5.41, 5.74) is 11.5. The molecule has 0 spiro atoms. The Hall–Kier alpha value is -4.73. The lowest BCUT2D eigenvalue weighted by Crippen LogP contribution is -2.39. The van der Waals surface area contributed by atoms with E-state index in [1.54, 1.807) is 39.7 Å². The van der Waals surface area contributed by atoms with E-state index in [0.29, 0.717) is 22.3 Å². The molecule has 0 saturated heterocycles. The van der Waals surface area contributed by atoms with E-state index >= 15 is 0 Å². The molecule has 1 aromatic carbocycles. The maximum Gasteiger partial charge on any atom is 0.458 e. The highest BCUT2D eigenvalue weighted by Gasteiger charge is 2.54. The minimum absolute atomic E-state index is 0.162. The zero-order valence-electron chi connectivity index (χ0n) is 25.1. The second kappa shape index (κ2) is 13.3. The zero-order valence-corrected chi connectivity index (χ0v) is 25.9. The van der Waals surface area contributed by atoms with Gasteiger partial charge in [-0.15, -0.1) is 0 Å². The first kappa shape index (κ1) is 35.7. The van der Waals surface area contributed by atoms with Crippen LogP contribution in [0.5, 0.6) is 5.75 Å². The summed E-state index contributed by atoms with van der Waals surface area (Å²) in [6.45, 7) is 5.89.